The van der Waals surface area contributed by atoms with Crippen LogP contribution < -0.4 is 15.0 Å². The van der Waals surface area contributed by atoms with Gasteiger partial charge in [-0.1, -0.05) is 36.7 Å². The van der Waals surface area contributed by atoms with Gasteiger partial charge in [0.2, 0.25) is 5.75 Å². The van der Waals surface area contributed by atoms with Gasteiger partial charge in [0.15, 0.2) is 11.9 Å². The Hall–Kier alpha value is -3.80. The van der Waals surface area contributed by atoms with Crippen LogP contribution in [0.3, 0.4) is 0 Å². The minimum absolute atomic E-state index is 0.0397. The molecular weight excluding hydrogens is 548 g/mol. The van der Waals surface area contributed by atoms with E-state index in [9.17, 15) is 19.7 Å². The molecule has 0 aliphatic heterocycles. The van der Waals surface area contributed by atoms with E-state index in [1.165, 1.54) is 37.1 Å². The molecule has 1 heterocycles. The van der Waals surface area contributed by atoms with E-state index in [0.717, 1.165) is 0 Å². The van der Waals surface area contributed by atoms with Crippen LogP contribution in [-0.2, 0) is 14.9 Å². The number of aromatic nitrogens is 2. The summed E-state index contributed by atoms with van der Waals surface area (Å²) in [7, 11) is 1.19. The maximum atomic E-state index is 13.4. The van der Waals surface area contributed by atoms with Gasteiger partial charge in [-0.2, -0.15) is 9.78 Å². The molecule has 0 aliphatic rings. The van der Waals surface area contributed by atoms with E-state index in [0.29, 0.717) is 21.2 Å². The summed E-state index contributed by atoms with van der Waals surface area (Å²) in [4.78, 5) is 41.1. The molecule has 0 amide bonds. The Morgan fingerprint density at radius 2 is 2.00 bits per heavy atom. The Morgan fingerprint density at radius 1 is 1.30 bits per heavy atom. The van der Waals surface area contributed by atoms with Crippen molar-refractivity contribution in [3.63, 3.8) is 0 Å². The van der Waals surface area contributed by atoms with E-state index in [2.05, 4.69) is 30.8 Å². The Bertz CT molecular complexity index is 1440. The number of carbonyl (C=O) groups excluding carboxylic acids is 1. The van der Waals surface area contributed by atoms with Crippen molar-refractivity contribution in [2.24, 2.45) is 5.10 Å². The molecule has 196 valence electrons. The summed E-state index contributed by atoms with van der Waals surface area (Å²) >= 11 is 3.37. The first-order valence-electron chi connectivity index (χ1n) is 11.3. The standard InChI is InChI=1S/C25H27BrN4O7/c1-7-36-20-11-15(10-19(30(33)34)21(20)37-14(2)23(32)35-6)13-27-29-22(31)17-12-16(26)8-9-18(17)28-24(29)25(3,4)5/h8-14H,7H2,1-6H3/t14-/m0/s1. The van der Waals surface area contributed by atoms with E-state index >= 15 is 0 Å². The molecule has 0 saturated carbocycles. The van der Waals surface area contributed by atoms with Crippen molar-refractivity contribution in [1.82, 2.24) is 9.66 Å². The summed E-state index contributed by atoms with van der Waals surface area (Å²) in [6.45, 7) is 8.99. The van der Waals surface area contributed by atoms with Gasteiger partial charge in [-0.15, -0.1) is 0 Å². The fourth-order valence-electron chi connectivity index (χ4n) is 3.46. The number of nitro benzene ring substituents is 1. The quantitative estimate of drug-likeness (QED) is 0.165. The van der Waals surface area contributed by atoms with Gasteiger partial charge < -0.3 is 14.2 Å². The van der Waals surface area contributed by atoms with Gasteiger partial charge in [0.1, 0.15) is 5.82 Å². The molecule has 0 N–H and O–H groups in total. The zero-order valence-electron chi connectivity index (χ0n) is 21.3. The van der Waals surface area contributed by atoms with Gasteiger partial charge in [0.05, 0.1) is 35.8 Å². The molecule has 0 saturated heterocycles. The third kappa shape index (κ3) is 6.13. The molecule has 0 radical (unpaired) electrons. The smallest absolute Gasteiger partial charge is 0.346 e. The number of rotatable bonds is 8. The molecule has 0 spiro atoms. The average Bonchev–Trinajstić information content (AvgIpc) is 2.83. The summed E-state index contributed by atoms with van der Waals surface area (Å²) in [5.41, 5.74) is -0.567. The number of benzene rings is 2. The lowest BCUT2D eigenvalue weighted by atomic mass is 9.95. The summed E-state index contributed by atoms with van der Waals surface area (Å²) in [5, 5.41) is 16.6. The van der Waals surface area contributed by atoms with Crippen LogP contribution in [0.25, 0.3) is 10.9 Å². The zero-order valence-corrected chi connectivity index (χ0v) is 22.9. The van der Waals surface area contributed by atoms with Crippen LogP contribution in [0.1, 0.15) is 46.0 Å². The molecule has 0 aliphatic carbocycles. The number of halogens is 1. The molecule has 0 fully saturated rings. The Labute approximate surface area is 221 Å². The van der Waals surface area contributed by atoms with Crippen LogP contribution in [-0.4, -0.2) is 46.6 Å². The number of nitro groups is 1. The number of nitrogens with zero attached hydrogens (tertiary/aromatic N) is 4. The molecule has 2 aromatic carbocycles. The minimum atomic E-state index is -1.11. The first-order valence-corrected chi connectivity index (χ1v) is 12.1. The van der Waals surface area contributed by atoms with Crippen molar-refractivity contribution in [3.8, 4) is 11.5 Å². The van der Waals surface area contributed by atoms with Gasteiger partial charge >= 0.3 is 11.7 Å². The SMILES string of the molecule is CCOc1cc(C=Nn2c(C(C)(C)C)nc3ccc(Br)cc3c2=O)cc([N+](=O)[O-])c1O[C@@H](C)C(=O)OC. The number of esters is 1. The van der Waals surface area contributed by atoms with Crippen LogP contribution in [0, 0.1) is 10.1 Å². The van der Waals surface area contributed by atoms with E-state index in [1.807, 2.05) is 20.8 Å². The molecule has 3 aromatic rings. The van der Waals surface area contributed by atoms with Gasteiger partial charge in [-0.25, -0.2) is 9.78 Å². The van der Waals surface area contributed by atoms with Gasteiger partial charge in [0, 0.05) is 21.5 Å². The monoisotopic (exact) mass is 574 g/mol. The first-order chi connectivity index (χ1) is 17.4. The van der Waals surface area contributed by atoms with Gasteiger partial charge in [-0.05, 0) is 38.1 Å². The largest absolute Gasteiger partial charge is 0.490 e. The topological polar surface area (TPSA) is 135 Å². The molecule has 11 nitrogen and oxygen atoms in total. The highest BCUT2D eigenvalue weighted by atomic mass is 79.9. The van der Waals surface area contributed by atoms with Gasteiger partial charge in [-0.3, -0.25) is 14.9 Å². The average molecular weight is 575 g/mol. The fourth-order valence-corrected chi connectivity index (χ4v) is 3.82. The highest BCUT2D eigenvalue weighted by molar-refractivity contribution is 9.10. The molecular formula is C25H27BrN4O7. The summed E-state index contributed by atoms with van der Waals surface area (Å²) in [6, 6.07) is 7.91. The lowest BCUT2D eigenvalue weighted by Gasteiger charge is -2.21. The van der Waals surface area contributed by atoms with Crippen LogP contribution in [0.4, 0.5) is 5.69 Å². The highest BCUT2D eigenvalue weighted by Gasteiger charge is 2.27. The molecule has 1 aromatic heterocycles. The number of carbonyl (C=O) groups is 1. The number of ether oxygens (including phenoxy) is 3. The van der Waals surface area contributed by atoms with Crippen molar-refractivity contribution < 1.29 is 23.9 Å². The Morgan fingerprint density at radius 3 is 2.59 bits per heavy atom. The van der Waals surface area contributed by atoms with Crippen molar-refractivity contribution in [2.45, 2.75) is 46.1 Å². The predicted octanol–water partition coefficient (Wildman–Crippen LogP) is 4.59. The summed E-state index contributed by atoms with van der Waals surface area (Å²) < 4.78 is 17.7. The second-order valence-corrected chi connectivity index (χ2v) is 9.96. The lowest BCUT2D eigenvalue weighted by molar-refractivity contribution is -0.386. The zero-order chi connectivity index (χ0) is 27.5. The lowest BCUT2D eigenvalue weighted by Crippen LogP contribution is -2.29. The molecule has 37 heavy (non-hydrogen) atoms. The van der Waals surface area contributed by atoms with Crippen LogP contribution in [0.15, 0.2) is 44.7 Å². The number of methoxy groups -OCH3 is 1. The number of hydrogen-bond acceptors (Lipinski definition) is 9. The number of fused-ring (bicyclic) bond motifs is 1. The Balaban J connectivity index is 2.19. The third-order valence-electron chi connectivity index (χ3n) is 5.18. The normalized spacial score (nSPS) is 12.5. The van der Waals surface area contributed by atoms with Crippen molar-refractivity contribution in [2.75, 3.05) is 13.7 Å². The molecule has 3 rings (SSSR count). The van der Waals surface area contributed by atoms with E-state index < -0.39 is 28.1 Å². The summed E-state index contributed by atoms with van der Waals surface area (Å²) in [6.07, 6.45) is 0.198. The second kappa shape index (κ2) is 11.1. The third-order valence-corrected chi connectivity index (χ3v) is 5.68. The summed E-state index contributed by atoms with van der Waals surface area (Å²) in [5.74, 6) is -0.466. The molecule has 1 atom stereocenters. The van der Waals surface area contributed by atoms with Crippen LogP contribution >= 0.6 is 15.9 Å². The molecule has 0 unspecified atom stereocenters. The van der Waals surface area contributed by atoms with Crippen LogP contribution in [0.2, 0.25) is 0 Å². The van der Waals surface area contributed by atoms with E-state index in [1.54, 1.807) is 25.1 Å². The van der Waals surface area contributed by atoms with Crippen molar-refractivity contribution in [1.29, 1.82) is 0 Å². The number of hydrogen-bond donors (Lipinski definition) is 0. The molecule has 12 heteroatoms. The Kier molecular flexibility index (Phi) is 8.32. The molecule has 0 bridgehead atoms. The predicted molar refractivity (Wildman–Crippen MR) is 142 cm³/mol. The first kappa shape index (κ1) is 27.8. The maximum Gasteiger partial charge on any atom is 0.346 e. The minimum Gasteiger partial charge on any atom is -0.490 e. The highest BCUT2D eigenvalue weighted by Crippen LogP contribution is 2.39. The van der Waals surface area contributed by atoms with E-state index in [4.69, 9.17) is 9.47 Å². The fraction of sp³-hybridized carbons (Fsp3) is 0.360. The van der Waals surface area contributed by atoms with Crippen molar-refractivity contribution >= 4 is 44.7 Å². The van der Waals surface area contributed by atoms with Crippen LogP contribution in [0.5, 0.6) is 11.5 Å². The maximum absolute atomic E-state index is 13.4. The van der Waals surface area contributed by atoms with E-state index in [-0.39, 0.29) is 29.2 Å². The second-order valence-electron chi connectivity index (χ2n) is 9.05. The van der Waals surface area contributed by atoms with Gasteiger partial charge in [0.25, 0.3) is 5.56 Å². The van der Waals surface area contributed by atoms with Crippen molar-refractivity contribution in [3.05, 3.63) is 66.7 Å².